The van der Waals surface area contributed by atoms with Crippen molar-refractivity contribution in [3.05, 3.63) is 54.1 Å². The summed E-state index contributed by atoms with van der Waals surface area (Å²) in [4.78, 5) is 41.4. The zero-order valence-electron chi connectivity index (χ0n) is 26.5. The number of rotatable bonds is 15. The van der Waals surface area contributed by atoms with Crippen molar-refractivity contribution in [1.82, 2.24) is 25.2 Å². The third-order valence-corrected chi connectivity index (χ3v) is 6.89. The van der Waals surface area contributed by atoms with Crippen molar-refractivity contribution < 1.29 is 43.3 Å². The summed E-state index contributed by atoms with van der Waals surface area (Å²) in [6, 6.07) is 6.25. The van der Waals surface area contributed by atoms with E-state index in [0.29, 0.717) is 51.4 Å². The van der Waals surface area contributed by atoms with Gasteiger partial charge in [0.2, 0.25) is 0 Å². The van der Waals surface area contributed by atoms with Gasteiger partial charge < -0.3 is 29.9 Å². The van der Waals surface area contributed by atoms with E-state index in [9.17, 15) is 19.1 Å². The first-order chi connectivity index (χ1) is 21.6. The molecule has 1 aliphatic heterocycles. The van der Waals surface area contributed by atoms with Gasteiger partial charge in [-0.3, -0.25) is 4.79 Å². The molecule has 3 rings (SSSR count). The maximum Gasteiger partial charge on any atom is 0.373 e. The fourth-order valence-electron chi connectivity index (χ4n) is 4.83. The topological polar surface area (TPSA) is 173 Å². The Bertz CT molecular complexity index is 1220. The highest BCUT2D eigenvalue weighted by Gasteiger charge is 2.35. The smallest absolute Gasteiger partial charge is 0.373 e. The lowest BCUT2D eigenvalue weighted by Crippen LogP contribution is -2.54. The molecule has 1 amide bonds. The van der Waals surface area contributed by atoms with E-state index in [-0.39, 0.29) is 47.9 Å². The number of aromatic nitrogens is 3. The van der Waals surface area contributed by atoms with Crippen LogP contribution < -0.4 is 5.32 Å². The molecule has 0 aliphatic carbocycles. The number of aliphatic hydroxyl groups is 1. The number of ether oxygens (including phenoxy) is 2. The van der Waals surface area contributed by atoms with Crippen LogP contribution in [0.4, 0.5) is 4.39 Å². The van der Waals surface area contributed by atoms with Gasteiger partial charge in [-0.15, -0.1) is 5.10 Å². The van der Waals surface area contributed by atoms with Gasteiger partial charge in [-0.2, -0.15) is 9.59 Å². The Hall–Kier alpha value is -3.81. The number of halogens is 1. The molecule has 1 aromatic heterocycles. The molecule has 2 aromatic rings. The number of carboxylic acid groups (broad SMARTS) is 1. The molecule has 14 heteroatoms. The van der Waals surface area contributed by atoms with E-state index in [1.165, 1.54) is 10.7 Å². The Morgan fingerprint density at radius 2 is 1.93 bits per heavy atom. The molecular formula is C31H46FN5O8. The third-order valence-electron chi connectivity index (χ3n) is 6.89. The van der Waals surface area contributed by atoms with E-state index >= 15 is 0 Å². The molecule has 3 N–H and O–H groups in total. The molecular weight excluding hydrogens is 589 g/mol. The molecule has 0 saturated carbocycles. The van der Waals surface area contributed by atoms with Crippen molar-refractivity contribution in [2.45, 2.75) is 58.6 Å². The number of aliphatic carboxylic acids is 1. The number of aliphatic hydroxyl groups excluding tert-OH is 1. The Labute approximate surface area is 263 Å². The van der Waals surface area contributed by atoms with Gasteiger partial charge in [-0.05, 0) is 50.7 Å². The average molecular weight is 636 g/mol. The minimum Gasteiger partial charge on any atom is -0.478 e. The number of para-hydroxylation sites is 1. The summed E-state index contributed by atoms with van der Waals surface area (Å²) in [6.07, 6.45) is 3.19. The molecule has 45 heavy (non-hydrogen) atoms. The quantitative estimate of drug-likeness (QED) is 0.194. The van der Waals surface area contributed by atoms with E-state index in [4.69, 9.17) is 24.2 Å². The molecule has 2 heterocycles. The highest BCUT2D eigenvalue weighted by molar-refractivity contribution is 5.93. The molecule has 13 nitrogen and oxygen atoms in total. The lowest BCUT2D eigenvalue weighted by atomic mass is 9.89. The van der Waals surface area contributed by atoms with Crippen LogP contribution >= 0.6 is 0 Å². The number of hydrogen-bond acceptors (Lipinski definition) is 10. The molecule has 3 atom stereocenters. The number of unbranched alkanes of at least 4 members (excludes halogenated alkanes) is 1. The van der Waals surface area contributed by atoms with Crippen molar-refractivity contribution in [3.63, 3.8) is 0 Å². The molecule has 1 aromatic carbocycles. The SMILES string of the molecule is C=CC(=O)O.CCOCC(O)[C@H]1CNC[C@@H](N(CC(C)C)C(=O)c2nnn(-c3ccccc3F)c2CCCCOC)C1.O=C=O. The fraction of sp³-hybridized carbons (Fsp3) is 0.581. The summed E-state index contributed by atoms with van der Waals surface area (Å²) >= 11 is 0. The zero-order chi connectivity index (χ0) is 33.8. The highest BCUT2D eigenvalue weighted by Crippen LogP contribution is 2.25. The Kier molecular flexibility index (Phi) is 19.0. The largest absolute Gasteiger partial charge is 0.478 e. The van der Waals surface area contributed by atoms with E-state index in [2.05, 4.69) is 36.1 Å². The van der Waals surface area contributed by atoms with Gasteiger partial charge in [-0.1, -0.05) is 37.8 Å². The number of nitrogens with one attached hydrogen (secondary N) is 1. The molecule has 0 spiro atoms. The standard InChI is InChI=1S/C27H42FN5O4.C3H4O2.CO2/c1-5-37-18-25(34)20-14-21(16-29-15-20)32(17-19(2)3)27(35)26-24(12-8-9-13-36-4)33(31-30-26)23-11-7-6-10-22(23)28;1-2-3(4)5;2-1-3/h6-7,10-11,19-21,25,29,34H,5,8-9,12-18H2,1-4H3;2H,1H2,(H,4,5);/t20-,21+,25?;;/m1../s1. The maximum absolute atomic E-state index is 14.7. The molecule has 250 valence electrons. The van der Waals surface area contributed by atoms with Crippen LogP contribution in [0.2, 0.25) is 0 Å². The summed E-state index contributed by atoms with van der Waals surface area (Å²) < 4.78 is 26.8. The lowest BCUT2D eigenvalue weighted by Gasteiger charge is -2.40. The first kappa shape index (κ1) is 39.2. The number of nitrogens with zero attached hydrogens (tertiary/aromatic N) is 4. The zero-order valence-corrected chi connectivity index (χ0v) is 26.5. The van der Waals surface area contributed by atoms with Crippen molar-refractivity contribution in [2.75, 3.05) is 46.6 Å². The molecule has 1 unspecified atom stereocenters. The first-order valence-corrected chi connectivity index (χ1v) is 14.9. The van der Waals surface area contributed by atoms with E-state index < -0.39 is 17.9 Å². The number of hydrogen-bond donors (Lipinski definition) is 3. The molecule has 0 bridgehead atoms. The predicted molar refractivity (Wildman–Crippen MR) is 162 cm³/mol. The summed E-state index contributed by atoms with van der Waals surface area (Å²) in [7, 11) is 1.65. The number of piperidine rings is 1. The van der Waals surface area contributed by atoms with Crippen LogP contribution in [-0.4, -0.2) is 107 Å². The number of benzene rings is 1. The summed E-state index contributed by atoms with van der Waals surface area (Å²) in [5.74, 6) is -1.43. The second-order valence-corrected chi connectivity index (χ2v) is 10.7. The number of carboxylic acids is 1. The predicted octanol–water partition coefficient (Wildman–Crippen LogP) is 2.52. The van der Waals surface area contributed by atoms with Gasteiger partial charge in [0.25, 0.3) is 5.91 Å². The number of amides is 1. The van der Waals surface area contributed by atoms with Crippen LogP contribution in [0.1, 0.15) is 56.2 Å². The van der Waals surface area contributed by atoms with Crippen LogP contribution in [0.25, 0.3) is 5.69 Å². The third kappa shape index (κ3) is 13.4. The van der Waals surface area contributed by atoms with Crippen LogP contribution in [0.3, 0.4) is 0 Å². The van der Waals surface area contributed by atoms with Crippen LogP contribution in [0.5, 0.6) is 0 Å². The van der Waals surface area contributed by atoms with Crippen molar-refractivity contribution in [1.29, 1.82) is 0 Å². The minimum absolute atomic E-state index is 0.0321. The Morgan fingerprint density at radius 3 is 2.51 bits per heavy atom. The van der Waals surface area contributed by atoms with Crippen molar-refractivity contribution >= 4 is 18.0 Å². The maximum atomic E-state index is 14.7. The van der Waals surface area contributed by atoms with Gasteiger partial charge in [0.05, 0.1) is 18.4 Å². The monoisotopic (exact) mass is 635 g/mol. The normalized spacial score (nSPS) is 16.3. The second-order valence-electron chi connectivity index (χ2n) is 10.7. The van der Waals surface area contributed by atoms with E-state index in [0.717, 1.165) is 18.9 Å². The fourth-order valence-corrected chi connectivity index (χ4v) is 4.83. The number of methoxy groups -OCH3 is 1. The van der Waals surface area contributed by atoms with Gasteiger partial charge in [0.15, 0.2) is 5.69 Å². The summed E-state index contributed by atoms with van der Waals surface area (Å²) in [5.41, 5.74) is 1.11. The molecule has 1 fully saturated rings. The lowest BCUT2D eigenvalue weighted by molar-refractivity contribution is -0.191. The van der Waals surface area contributed by atoms with Crippen LogP contribution in [0.15, 0.2) is 36.9 Å². The van der Waals surface area contributed by atoms with Gasteiger partial charge in [0.1, 0.15) is 11.5 Å². The molecule has 0 radical (unpaired) electrons. The Balaban J connectivity index is 0.00000113. The average Bonchev–Trinajstić information content (AvgIpc) is 3.44. The van der Waals surface area contributed by atoms with Gasteiger partial charge in [-0.25, -0.2) is 13.9 Å². The van der Waals surface area contributed by atoms with Crippen molar-refractivity contribution in [3.8, 4) is 5.69 Å². The van der Waals surface area contributed by atoms with Gasteiger partial charge >= 0.3 is 12.1 Å². The highest BCUT2D eigenvalue weighted by atomic mass is 19.1. The van der Waals surface area contributed by atoms with Crippen LogP contribution in [0, 0.1) is 17.7 Å². The van der Waals surface area contributed by atoms with E-state index in [1.807, 2.05) is 11.8 Å². The summed E-state index contributed by atoms with van der Waals surface area (Å²) in [6.45, 7) is 12.3. The van der Waals surface area contributed by atoms with E-state index in [1.54, 1.807) is 25.3 Å². The Morgan fingerprint density at radius 1 is 1.27 bits per heavy atom. The van der Waals surface area contributed by atoms with Crippen molar-refractivity contribution in [2.24, 2.45) is 11.8 Å². The first-order valence-electron chi connectivity index (χ1n) is 14.9. The minimum atomic E-state index is -0.981. The van der Waals surface area contributed by atoms with Gasteiger partial charge in [0, 0.05) is 58.0 Å². The molecule has 1 aliphatic rings. The molecule has 1 saturated heterocycles. The number of carbonyl (C=O) groups is 2. The number of carbonyl (C=O) groups excluding carboxylic acids is 3. The van der Waals surface area contributed by atoms with Crippen LogP contribution in [-0.2, 0) is 30.3 Å². The second kappa shape index (κ2) is 21.8. The summed E-state index contributed by atoms with van der Waals surface area (Å²) in [5, 5.41) is 30.1.